The van der Waals surface area contributed by atoms with Crippen molar-refractivity contribution in [3.63, 3.8) is 0 Å². The quantitative estimate of drug-likeness (QED) is 0.231. The van der Waals surface area contributed by atoms with Crippen molar-refractivity contribution in [3.8, 4) is 0 Å². The summed E-state index contributed by atoms with van der Waals surface area (Å²) in [7, 11) is 0.111. The van der Waals surface area contributed by atoms with Crippen molar-refractivity contribution in [1.29, 1.82) is 0 Å². The van der Waals surface area contributed by atoms with Crippen LogP contribution in [0.4, 0.5) is 0 Å². The van der Waals surface area contributed by atoms with Crippen molar-refractivity contribution in [3.05, 3.63) is 0 Å². The van der Waals surface area contributed by atoms with E-state index >= 15 is 0 Å². The molecule has 18 heavy (non-hydrogen) atoms. The highest BCUT2D eigenvalue weighted by Crippen LogP contribution is 2.15. The van der Waals surface area contributed by atoms with Crippen LogP contribution in [0.25, 0.3) is 0 Å². The highest BCUT2D eigenvalue weighted by atomic mass is 28.4. The molecule has 0 amide bonds. The van der Waals surface area contributed by atoms with Gasteiger partial charge in [0.15, 0.2) is 0 Å². The van der Waals surface area contributed by atoms with Gasteiger partial charge in [-0.2, -0.15) is 13.7 Å². The van der Waals surface area contributed by atoms with Crippen LogP contribution in [0.3, 0.4) is 0 Å². The van der Waals surface area contributed by atoms with Gasteiger partial charge < -0.3 is 10.2 Å². The van der Waals surface area contributed by atoms with Crippen molar-refractivity contribution in [1.82, 2.24) is 5.32 Å². The average molecular weight is 286 g/mol. The van der Waals surface area contributed by atoms with E-state index in [1.54, 1.807) is 6.92 Å². The van der Waals surface area contributed by atoms with Gasteiger partial charge in [-0.05, 0) is 13.3 Å². The van der Waals surface area contributed by atoms with E-state index < -0.39 is 15.3 Å². The minimum Gasteiger partial charge on any atom is -0.331 e. The SMILES string of the molecule is CCC(NC(C)N)O[Si](OOC)(OOC)OOC. The fraction of sp³-hybridized carbons (Fsp3) is 1.00. The van der Waals surface area contributed by atoms with Crippen LogP contribution < -0.4 is 11.1 Å². The van der Waals surface area contributed by atoms with E-state index in [1.807, 2.05) is 6.92 Å². The van der Waals surface area contributed by atoms with Crippen molar-refractivity contribution in [2.24, 2.45) is 5.73 Å². The summed E-state index contributed by atoms with van der Waals surface area (Å²) in [5.74, 6) is 0. The lowest BCUT2D eigenvalue weighted by Crippen LogP contribution is -2.55. The van der Waals surface area contributed by atoms with Gasteiger partial charge in [0, 0.05) is 0 Å². The van der Waals surface area contributed by atoms with E-state index in [4.69, 9.17) is 23.9 Å². The largest absolute Gasteiger partial charge is 0.765 e. The predicted octanol–water partition coefficient (Wildman–Crippen LogP) is -0.197. The Kier molecular flexibility index (Phi) is 9.67. The second-order valence-electron chi connectivity index (χ2n) is 3.22. The van der Waals surface area contributed by atoms with Crippen LogP contribution in [0.1, 0.15) is 20.3 Å². The molecule has 110 valence electrons. The Balaban J connectivity index is 4.69. The minimum atomic E-state index is -3.73. The standard InChI is InChI=1S/C8H22N2O7Si/c1-6-8(10-7(2)9)14-18(15-11-3,16-12-4)17-13-5/h7-8,10H,6,9H2,1-5H3. The van der Waals surface area contributed by atoms with E-state index in [1.165, 1.54) is 21.3 Å². The molecule has 0 aromatic heterocycles. The fourth-order valence-corrected chi connectivity index (χ4v) is 2.51. The summed E-state index contributed by atoms with van der Waals surface area (Å²) < 4.78 is 20.1. The maximum atomic E-state index is 5.62. The summed E-state index contributed by atoms with van der Waals surface area (Å²) in [6.45, 7) is 3.65. The first-order valence-corrected chi connectivity index (χ1v) is 7.01. The van der Waals surface area contributed by atoms with E-state index in [0.717, 1.165) is 0 Å². The summed E-state index contributed by atoms with van der Waals surface area (Å²) in [5.41, 5.74) is 5.62. The zero-order valence-corrected chi connectivity index (χ0v) is 12.3. The van der Waals surface area contributed by atoms with Crippen LogP contribution in [0.15, 0.2) is 0 Å². The van der Waals surface area contributed by atoms with Crippen molar-refractivity contribution >= 4 is 9.05 Å². The molecule has 9 nitrogen and oxygen atoms in total. The molecule has 2 atom stereocenters. The van der Waals surface area contributed by atoms with E-state index in [0.29, 0.717) is 6.42 Å². The molecule has 0 rings (SSSR count). The first kappa shape index (κ1) is 17.9. The van der Waals surface area contributed by atoms with Crippen LogP contribution in [0.2, 0.25) is 0 Å². The zero-order valence-electron chi connectivity index (χ0n) is 11.3. The number of hydrogen-bond donors (Lipinski definition) is 2. The number of nitrogens with two attached hydrogens (primary N) is 1. The highest BCUT2D eigenvalue weighted by Gasteiger charge is 2.53. The fourth-order valence-electron chi connectivity index (χ4n) is 1.11. The molecule has 0 fully saturated rings. The highest BCUT2D eigenvalue weighted by molar-refractivity contribution is 6.52. The molecule has 0 aliphatic rings. The first-order chi connectivity index (χ1) is 8.53. The normalized spacial score (nSPS) is 15.7. The molecule has 0 saturated carbocycles. The average Bonchev–Trinajstić information content (AvgIpc) is 2.28. The van der Waals surface area contributed by atoms with Crippen LogP contribution in [-0.4, -0.2) is 42.8 Å². The molecule has 0 aromatic carbocycles. The molecule has 0 heterocycles. The Morgan fingerprint density at radius 3 is 1.78 bits per heavy atom. The third-order valence-corrected chi connectivity index (χ3v) is 3.35. The second kappa shape index (κ2) is 9.74. The van der Waals surface area contributed by atoms with Crippen LogP contribution in [0.5, 0.6) is 0 Å². The zero-order chi connectivity index (χ0) is 14.0. The van der Waals surface area contributed by atoms with E-state index in [9.17, 15) is 0 Å². The Bertz CT molecular complexity index is 193. The van der Waals surface area contributed by atoms with Gasteiger partial charge in [-0.15, -0.1) is 0 Å². The number of rotatable bonds is 11. The van der Waals surface area contributed by atoms with Crippen LogP contribution in [-0.2, 0) is 32.8 Å². The van der Waals surface area contributed by atoms with Gasteiger partial charge in [0.05, 0.1) is 27.5 Å². The molecule has 2 unspecified atom stereocenters. The molecule has 0 aliphatic carbocycles. The molecular formula is C8H22N2O7Si. The third-order valence-electron chi connectivity index (χ3n) is 1.66. The Morgan fingerprint density at radius 1 is 1.06 bits per heavy atom. The van der Waals surface area contributed by atoms with Crippen LogP contribution in [0, 0.1) is 0 Å². The van der Waals surface area contributed by atoms with Crippen molar-refractivity contribution in [2.45, 2.75) is 32.7 Å². The maximum Gasteiger partial charge on any atom is 0.765 e. The summed E-state index contributed by atoms with van der Waals surface area (Å²) in [6, 6.07) is 0. The van der Waals surface area contributed by atoms with Gasteiger partial charge in [-0.1, -0.05) is 6.92 Å². The van der Waals surface area contributed by atoms with Gasteiger partial charge in [-0.3, -0.25) is 5.32 Å². The molecule has 0 saturated heterocycles. The van der Waals surface area contributed by atoms with Gasteiger partial charge in [-0.25, -0.2) is 14.7 Å². The minimum absolute atomic E-state index is 0.283. The van der Waals surface area contributed by atoms with Gasteiger partial charge in [0.1, 0.15) is 6.23 Å². The second-order valence-corrected chi connectivity index (χ2v) is 4.96. The first-order valence-electron chi connectivity index (χ1n) is 5.38. The summed E-state index contributed by atoms with van der Waals surface area (Å²) in [5, 5.41) is 2.94. The smallest absolute Gasteiger partial charge is 0.331 e. The molecule has 0 aromatic rings. The maximum absolute atomic E-state index is 5.62. The van der Waals surface area contributed by atoms with E-state index in [-0.39, 0.29) is 6.17 Å². The molecular weight excluding hydrogens is 264 g/mol. The lowest BCUT2D eigenvalue weighted by Gasteiger charge is -2.28. The van der Waals surface area contributed by atoms with Crippen molar-refractivity contribution < 1.29 is 32.8 Å². The molecule has 10 heteroatoms. The lowest BCUT2D eigenvalue weighted by atomic mass is 10.4. The summed E-state index contributed by atoms with van der Waals surface area (Å²) in [4.78, 5) is 13.6. The van der Waals surface area contributed by atoms with Gasteiger partial charge >= 0.3 is 9.05 Å². The van der Waals surface area contributed by atoms with E-state index in [2.05, 4.69) is 20.0 Å². The van der Waals surface area contributed by atoms with Gasteiger partial charge in [0.25, 0.3) is 0 Å². The molecule has 0 aliphatic heterocycles. The number of nitrogens with one attached hydrogen (secondary N) is 1. The monoisotopic (exact) mass is 286 g/mol. The molecule has 3 N–H and O–H groups in total. The van der Waals surface area contributed by atoms with Crippen molar-refractivity contribution in [2.75, 3.05) is 21.3 Å². The van der Waals surface area contributed by atoms with Crippen LogP contribution >= 0.6 is 0 Å². The molecule has 0 bridgehead atoms. The lowest BCUT2D eigenvalue weighted by molar-refractivity contribution is -0.374. The summed E-state index contributed by atoms with van der Waals surface area (Å²) in [6.07, 6.45) is -0.171. The molecule has 0 spiro atoms. The summed E-state index contributed by atoms with van der Waals surface area (Å²) >= 11 is 0. The molecule has 0 radical (unpaired) electrons. The third kappa shape index (κ3) is 6.70. The Labute approximate surface area is 108 Å². The predicted molar refractivity (Wildman–Crippen MR) is 62.0 cm³/mol. The number of hydrogen-bond acceptors (Lipinski definition) is 9. The Morgan fingerprint density at radius 2 is 1.50 bits per heavy atom. The topological polar surface area (TPSA) is 103 Å². The Hall–Kier alpha value is -0.143. The van der Waals surface area contributed by atoms with Gasteiger partial charge in [0.2, 0.25) is 0 Å².